The minimum atomic E-state index is 0.101. The third kappa shape index (κ3) is 3.57. The topological polar surface area (TPSA) is 45.2 Å². The van der Waals surface area contributed by atoms with Crippen LogP contribution in [0.3, 0.4) is 0 Å². The first-order valence-electron chi connectivity index (χ1n) is 5.51. The number of nitrogens with one attached hydrogen (secondary N) is 1. The van der Waals surface area contributed by atoms with Gasteiger partial charge in [-0.25, -0.2) is 4.98 Å². The predicted octanol–water partition coefficient (Wildman–Crippen LogP) is 1.03. The molecule has 0 spiro atoms. The molecular weight excluding hydrogens is 222 g/mol. The number of hydrogen-bond donors (Lipinski definition) is 1. The van der Waals surface area contributed by atoms with Gasteiger partial charge in [0, 0.05) is 18.0 Å². The van der Waals surface area contributed by atoms with E-state index >= 15 is 0 Å². The van der Waals surface area contributed by atoms with Crippen molar-refractivity contribution in [2.24, 2.45) is 0 Å². The fraction of sp³-hybridized carbons (Fsp3) is 0.636. The Labute approximate surface area is 99.7 Å². The van der Waals surface area contributed by atoms with E-state index in [4.69, 9.17) is 0 Å². The van der Waals surface area contributed by atoms with Crippen LogP contribution in [-0.4, -0.2) is 35.9 Å². The summed E-state index contributed by atoms with van der Waals surface area (Å²) in [6.07, 6.45) is 2.68. The summed E-state index contributed by atoms with van der Waals surface area (Å²) in [6, 6.07) is 0.437. The maximum Gasteiger partial charge on any atom is 0.226 e. The molecular formula is C11H17N3OS. The lowest BCUT2D eigenvalue weighted by Gasteiger charge is -2.05. The van der Waals surface area contributed by atoms with Crippen molar-refractivity contribution in [3.05, 3.63) is 16.1 Å². The van der Waals surface area contributed by atoms with Crippen LogP contribution in [-0.2, 0) is 17.8 Å². The number of aromatic nitrogens is 1. The van der Waals surface area contributed by atoms with Gasteiger partial charge in [0.2, 0.25) is 5.91 Å². The molecule has 0 radical (unpaired) electrons. The van der Waals surface area contributed by atoms with Crippen molar-refractivity contribution in [1.82, 2.24) is 15.2 Å². The SMILES string of the molecule is CN(C)Cc1nc(CC(=O)NC2CC2)cs1. The number of amides is 1. The first kappa shape index (κ1) is 11.5. The maximum absolute atomic E-state index is 11.5. The molecule has 1 heterocycles. The van der Waals surface area contributed by atoms with Gasteiger partial charge < -0.3 is 10.2 Å². The molecule has 1 aliphatic carbocycles. The Morgan fingerprint density at radius 3 is 3.00 bits per heavy atom. The van der Waals surface area contributed by atoms with Gasteiger partial charge in [-0.15, -0.1) is 11.3 Å². The molecule has 1 aromatic heterocycles. The molecule has 1 fully saturated rings. The predicted molar refractivity (Wildman–Crippen MR) is 64.4 cm³/mol. The highest BCUT2D eigenvalue weighted by molar-refractivity contribution is 7.09. The van der Waals surface area contributed by atoms with Gasteiger partial charge in [0.25, 0.3) is 0 Å². The number of carbonyl (C=O) groups is 1. The van der Waals surface area contributed by atoms with E-state index in [2.05, 4.69) is 15.2 Å². The summed E-state index contributed by atoms with van der Waals surface area (Å²) in [5.41, 5.74) is 0.889. The molecule has 0 atom stereocenters. The van der Waals surface area contributed by atoms with Crippen LogP contribution in [0.4, 0.5) is 0 Å². The van der Waals surface area contributed by atoms with E-state index in [1.165, 1.54) is 0 Å². The number of hydrogen-bond acceptors (Lipinski definition) is 4. The summed E-state index contributed by atoms with van der Waals surface area (Å²) in [5, 5.41) is 6.01. The Balaban J connectivity index is 1.83. The number of nitrogens with zero attached hydrogens (tertiary/aromatic N) is 2. The van der Waals surface area contributed by atoms with Gasteiger partial charge in [-0.1, -0.05) is 0 Å². The zero-order chi connectivity index (χ0) is 11.5. The molecule has 1 aromatic rings. The van der Waals surface area contributed by atoms with Gasteiger partial charge in [0.05, 0.1) is 12.1 Å². The van der Waals surface area contributed by atoms with E-state index < -0.39 is 0 Å². The highest BCUT2D eigenvalue weighted by Gasteiger charge is 2.23. The Kier molecular flexibility index (Phi) is 3.56. The van der Waals surface area contributed by atoms with Gasteiger partial charge in [0.15, 0.2) is 0 Å². The third-order valence-corrected chi connectivity index (χ3v) is 3.22. The molecule has 1 amide bonds. The van der Waals surface area contributed by atoms with Crippen LogP contribution in [0.5, 0.6) is 0 Å². The molecule has 1 saturated carbocycles. The summed E-state index contributed by atoms with van der Waals surface area (Å²) in [6.45, 7) is 0.842. The second kappa shape index (κ2) is 4.93. The fourth-order valence-electron chi connectivity index (χ4n) is 1.44. The summed E-state index contributed by atoms with van der Waals surface area (Å²) < 4.78 is 0. The molecule has 1 N–H and O–H groups in total. The zero-order valence-electron chi connectivity index (χ0n) is 9.69. The van der Waals surface area contributed by atoms with Crippen molar-refractivity contribution in [2.45, 2.75) is 31.8 Å². The van der Waals surface area contributed by atoms with Crippen molar-refractivity contribution in [3.8, 4) is 0 Å². The molecule has 1 aliphatic rings. The van der Waals surface area contributed by atoms with Gasteiger partial charge in [-0.2, -0.15) is 0 Å². The van der Waals surface area contributed by atoms with Crippen LogP contribution in [0, 0.1) is 0 Å². The number of rotatable bonds is 5. The summed E-state index contributed by atoms with van der Waals surface area (Å²) in [4.78, 5) is 18.0. The van der Waals surface area contributed by atoms with E-state index in [0.717, 1.165) is 30.1 Å². The Hall–Kier alpha value is -0.940. The summed E-state index contributed by atoms with van der Waals surface area (Å²) in [7, 11) is 4.03. The van der Waals surface area contributed by atoms with Gasteiger partial charge in [0.1, 0.15) is 5.01 Å². The van der Waals surface area contributed by atoms with Crippen LogP contribution >= 0.6 is 11.3 Å². The van der Waals surface area contributed by atoms with Crippen molar-refractivity contribution in [1.29, 1.82) is 0 Å². The standard InChI is InChI=1S/C11H17N3OS/c1-14(2)6-11-13-9(7-16-11)5-10(15)12-8-3-4-8/h7-8H,3-6H2,1-2H3,(H,12,15). The number of carbonyl (C=O) groups excluding carboxylic acids is 1. The molecule has 0 unspecified atom stereocenters. The van der Waals surface area contributed by atoms with Crippen molar-refractivity contribution < 1.29 is 4.79 Å². The molecule has 16 heavy (non-hydrogen) atoms. The lowest BCUT2D eigenvalue weighted by molar-refractivity contribution is -0.120. The van der Waals surface area contributed by atoms with Crippen LogP contribution < -0.4 is 5.32 Å². The van der Waals surface area contributed by atoms with E-state index in [1.54, 1.807) is 11.3 Å². The largest absolute Gasteiger partial charge is 0.353 e. The van der Waals surface area contributed by atoms with Crippen LogP contribution in [0.15, 0.2) is 5.38 Å². The number of thiazole rings is 1. The quantitative estimate of drug-likeness (QED) is 0.834. The zero-order valence-corrected chi connectivity index (χ0v) is 10.5. The van der Waals surface area contributed by atoms with Crippen LogP contribution in [0.25, 0.3) is 0 Å². The fourth-order valence-corrected chi connectivity index (χ4v) is 2.35. The molecule has 0 aliphatic heterocycles. The van der Waals surface area contributed by atoms with Gasteiger partial charge >= 0.3 is 0 Å². The monoisotopic (exact) mass is 239 g/mol. The highest BCUT2D eigenvalue weighted by atomic mass is 32.1. The average molecular weight is 239 g/mol. The van der Waals surface area contributed by atoms with Crippen molar-refractivity contribution in [3.63, 3.8) is 0 Å². The second-order valence-electron chi connectivity index (χ2n) is 4.49. The van der Waals surface area contributed by atoms with E-state index in [1.807, 2.05) is 19.5 Å². The third-order valence-electron chi connectivity index (χ3n) is 2.33. The minimum Gasteiger partial charge on any atom is -0.353 e. The molecule has 4 nitrogen and oxygen atoms in total. The average Bonchev–Trinajstić information content (AvgIpc) is 2.87. The van der Waals surface area contributed by atoms with E-state index in [-0.39, 0.29) is 5.91 Å². The maximum atomic E-state index is 11.5. The highest BCUT2D eigenvalue weighted by Crippen LogP contribution is 2.19. The molecule has 0 aromatic carbocycles. The first-order valence-corrected chi connectivity index (χ1v) is 6.39. The molecule has 0 saturated heterocycles. The van der Waals surface area contributed by atoms with Crippen molar-refractivity contribution in [2.75, 3.05) is 14.1 Å². The van der Waals surface area contributed by atoms with E-state index in [0.29, 0.717) is 12.5 Å². The van der Waals surface area contributed by atoms with Crippen LogP contribution in [0.2, 0.25) is 0 Å². The van der Waals surface area contributed by atoms with Crippen molar-refractivity contribution >= 4 is 17.2 Å². The normalized spacial score (nSPS) is 15.4. The van der Waals surface area contributed by atoms with Crippen LogP contribution in [0.1, 0.15) is 23.5 Å². The van der Waals surface area contributed by atoms with E-state index in [9.17, 15) is 4.79 Å². The van der Waals surface area contributed by atoms with Gasteiger partial charge in [-0.05, 0) is 26.9 Å². The first-order chi connectivity index (χ1) is 7.63. The molecule has 5 heteroatoms. The Morgan fingerprint density at radius 1 is 1.62 bits per heavy atom. The minimum absolute atomic E-state index is 0.101. The summed E-state index contributed by atoms with van der Waals surface area (Å²) >= 11 is 1.62. The summed E-state index contributed by atoms with van der Waals surface area (Å²) in [5.74, 6) is 0.101. The Bertz CT molecular complexity index is 371. The molecule has 2 rings (SSSR count). The smallest absolute Gasteiger partial charge is 0.226 e. The lowest BCUT2D eigenvalue weighted by atomic mass is 10.3. The van der Waals surface area contributed by atoms with Gasteiger partial charge in [-0.3, -0.25) is 4.79 Å². The second-order valence-corrected chi connectivity index (χ2v) is 5.43. The molecule has 88 valence electrons. The Morgan fingerprint density at radius 2 is 2.38 bits per heavy atom. The lowest BCUT2D eigenvalue weighted by Crippen LogP contribution is -2.27. The molecule has 0 bridgehead atoms.